The van der Waals surface area contributed by atoms with Gasteiger partial charge in [0.25, 0.3) is 0 Å². The van der Waals surface area contributed by atoms with Crippen LogP contribution in [0.15, 0.2) is 12.7 Å². The van der Waals surface area contributed by atoms with Gasteiger partial charge in [-0.15, -0.1) is 6.58 Å². The van der Waals surface area contributed by atoms with Gasteiger partial charge in [-0.25, -0.2) is 0 Å². The van der Waals surface area contributed by atoms with E-state index in [0.717, 1.165) is 6.42 Å². The van der Waals surface area contributed by atoms with Crippen LogP contribution in [0.3, 0.4) is 0 Å². The van der Waals surface area contributed by atoms with E-state index in [1.807, 2.05) is 13.8 Å². The summed E-state index contributed by atoms with van der Waals surface area (Å²) in [6.07, 6.45) is 2.43. The number of nitrogens with two attached hydrogens (primary N) is 1. The second kappa shape index (κ2) is 6.66. The highest BCUT2D eigenvalue weighted by molar-refractivity contribution is 5.78. The largest absolute Gasteiger partial charge is 0.352 e. The normalized spacial score (nSPS) is 12.6. The fraction of sp³-hybridized carbons (Fsp3) is 0.700. The Morgan fingerprint density at radius 3 is 2.62 bits per heavy atom. The molecule has 76 valence electrons. The average molecular weight is 184 g/mol. The molecule has 0 spiro atoms. The summed E-state index contributed by atoms with van der Waals surface area (Å²) in [6.45, 7) is 8.71. The van der Waals surface area contributed by atoms with Crippen molar-refractivity contribution in [2.75, 3.05) is 13.1 Å². The van der Waals surface area contributed by atoms with Gasteiger partial charge in [0, 0.05) is 12.5 Å². The molecule has 1 unspecified atom stereocenters. The summed E-state index contributed by atoms with van der Waals surface area (Å²) in [5, 5.41) is 2.79. The summed E-state index contributed by atoms with van der Waals surface area (Å²) in [5.41, 5.74) is 5.43. The lowest BCUT2D eigenvalue weighted by Gasteiger charge is -2.18. The zero-order valence-electron chi connectivity index (χ0n) is 8.55. The summed E-state index contributed by atoms with van der Waals surface area (Å²) in [5.74, 6) is 0.457. The molecule has 0 aromatic heterocycles. The molecule has 3 N–H and O–H groups in total. The Kier molecular flexibility index (Phi) is 6.24. The Morgan fingerprint density at radius 1 is 1.62 bits per heavy atom. The van der Waals surface area contributed by atoms with E-state index >= 15 is 0 Å². The van der Waals surface area contributed by atoms with Gasteiger partial charge in [0.1, 0.15) is 0 Å². The van der Waals surface area contributed by atoms with Gasteiger partial charge >= 0.3 is 0 Å². The zero-order chi connectivity index (χ0) is 10.3. The molecule has 0 heterocycles. The number of hydrogen-bond acceptors (Lipinski definition) is 2. The molecule has 0 aliphatic rings. The monoisotopic (exact) mass is 184 g/mol. The second-order valence-electron chi connectivity index (χ2n) is 3.46. The molecule has 3 heteroatoms. The van der Waals surface area contributed by atoms with E-state index in [4.69, 9.17) is 5.73 Å². The van der Waals surface area contributed by atoms with Crippen LogP contribution in [0.1, 0.15) is 20.3 Å². The van der Waals surface area contributed by atoms with Crippen molar-refractivity contribution in [2.45, 2.75) is 20.3 Å². The molecule has 0 aromatic rings. The highest BCUT2D eigenvalue weighted by Crippen LogP contribution is 2.14. The third-order valence-corrected chi connectivity index (χ3v) is 2.04. The smallest absolute Gasteiger partial charge is 0.223 e. The molecular weight excluding hydrogens is 164 g/mol. The molecule has 0 aromatic carbocycles. The highest BCUT2D eigenvalue weighted by atomic mass is 16.1. The van der Waals surface area contributed by atoms with Crippen LogP contribution in [0.25, 0.3) is 0 Å². The summed E-state index contributed by atoms with van der Waals surface area (Å²) >= 11 is 0. The lowest BCUT2D eigenvalue weighted by atomic mass is 9.92. The highest BCUT2D eigenvalue weighted by Gasteiger charge is 2.20. The Morgan fingerprint density at radius 2 is 2.23 bits per heavy atom. The fourth-order valence-corrected chi connectivity index (χ4v) is 1.25. The van der Waals surface area contributed by atoms with E-state index in [2.05, 4.69) is 11.9 Å². The maximum absolute atomic E-state index is 11.5. The van der Waals surface area contributed by atoms with Crippen molar-refractivity contribution >= 4 is 5.91 Å². The van der Waals surface area contributed by atoms with Crippen LogP contribution in [-0.4, -0.2) is 19.0 Å². The molecule has 13 heavy (non-hydrogen) atoms. The predicted molar refractivity (Wildman–Crippen MR) is 55.2 cm³/mol. The topological polar surface area (TPSA) is 55.1 Å². The van der Waals surface area contributed by atoms with Crippen molar-refractivity contribution in [1.29, 1.82) is 0 Å². The van der Waals surface area contributed by atoms with E-state index in [1.54, 1.807) is 6.08 Å². The van der Waals surface area contributed by atoms with Gasteiger partial charge in [0.2, 0.25) is 5.91 Å². The van der Waals surface area contributed by atoms with Crippen molar-refractivity contribution in [2.24, 2.45) is 17.6 Å². The molecule has 0 radical (unpaired) electrons. The SMILES string of the molecule is C=CCNC(=O)C(CCN)C(C)C. The molecule has 0 rings (SSSR count). The standard InChI is InChI=1S/C10H20N2O/c1-4-7-12-10(13)9(5-6-11)8(2)3/h4,8-9H,1,5-7,11H2,2-3H3,(H,12,13). The van der Waals surface area contributed by atoms with Crippen molar-refractivity contribution in [3.8, 4) is 0 Å². The molecule has 0 bridgehead atoms. The minimum Gasteiger partial charge on any atom is -0.352 e. The van der Waals surface area contributed by atoms with Crippen LogP contribution in [0, 0.1) is 11.8 Å². The van der Waals surface area contributed by atoms with Gasteiger partial charge in [0.15, 0.2) is 0 Å². The van der Waals surface area contributed by atoms with Crippen LogP contribution in [0.5, 0.6) is 0 Å². The van der Waals surface area contributed by atoms with Gasteiger partial charge < -0.3 is 11.1 Å². The van der Waals surface area contributed by atoms with Crippen LogP contribution in [-0.2, 0) is 4.79 Å². The van der Waals surface area contributed by atoms with Gasteiger partial charge in [0.05, 0.1) is 0 Å². The Bertz CT molecular complexity index is 166. The van der Waals surface area contributed by atoms with E-state index in [-0.39, 0.29) is 11.8 Å². The van der Waals surface area contributed by atoms with Crippen LogP contribution in [0.2, 0.25) is 0 Å². The van der Waals surface area contributed by atoms with E-state index in [9.17, 15) is 4.79 Å². The Hall–Kier alpha value is -0.830. The quantitative estimate of drug-likeness (QED) is 0.603. The average Bonchev–Trinajstić information content (AvgIpc) is 2.09. The zero-order valence-corrected chi connectivity index (χ0v) is 8.55. The van der Waals surface area contributed by atoms with E-state index < -0.39 is 0 Å². The van der Waals surface area contributed by atoms with Crippen LogP contribution < -0.4 is 11.1 Å². The summed E-state index contributed by atoms with van der Waals surface area (Å²) < 4.78 is 0. The minimum atomic E-state index is 0.0324. The Labute approximate surface area is 80.4 Å². The molecule has 1 amide bonds. The second-order valence-corrected chi connectivity index (χ2v) is 3.46. The number of rotatable bonds is 6. The molecule has 0 aliphatic heterocycles. The first-order chi connectivity index (χ1) is 6.13. The number of amides is 1. The third-order valence-electron chi connectivity index (χ3n) is 2.04. The Balaban J connectivity index is 4.03. The van der Waals surface area contributed by atoms with Crippen LogP contribution in [0.4, 0.5) is 0 Å². The number of hydrogen-bond donors (Lipinski definition) is 2. The minimum absolute atomic E-state index is 0.0324. The fourth-order valence-electron chi connectivity index (χ4n) is 1.25. The van der Waals surface area contributed by atoms with Crippen molar-refractivity contribution < 1.29 is 4.79 Å². The molecule has 3 nitrogen and oxygen atoms in total. The first kappa shape index (κ1) is 12.2. The van der Waals surface area contributed by atoms with Crippen molar-refractivity contribution in [3.05, 3.63) is 12.7 Å². The molecule has 0 aliphatic carbocycles. The number of carbonyl (C=O) groups excluding carboxylic acids is 1. The molecule has 0 saturated carbocycles. The first-order valence-electron chi connectivity index (χ1n) is 4.72. The van der Waals surface area contributed by atoms with Gasteiger partial charge in [-0.1, -0.05) is 19.9 Å². The molecule has 1 atom stereocenters. The van der Waals surface area contributed by atoms with Gasteiger partial charge in [-0.3, -0.25) is 4.79 Å². The van der Waals surface area contributed by atoms with Gasteiger partial charge in [-0.2, -0.15) is 0 Å². The lowest BCUT2D eigenvalue weighted by Crippen LogP contribution is -2.34. The molecule has 0 saturated heterocycles. The maximum Gasteiger partial charge on any atom is 0.223 e. The summed E-state index contributed by atoms with van der Waals surface area (Å²) in [6, 6.07) is 0. The third kappa shape index (κ3) is 4.68. The van der Waals surface area contributed by atoms with E-state index in [0.29, 0.717) is 19.0 Å². The summed E-state index contributed by atoms with van der Waals surface area (Å²) in [4.78, 5) is 11.5. The predicted octanol–water partition coefficient (Wildman–Crippen LogP) is 0.910. The first-order valence-corrected chi connectivity index (χ1v) is 4.72. The number of carbonyl (C=O) groups is 1. The molecule has 0 fully saturated rings. The molecular formula is C10H20N2O. The summed E-state index contributed by atoms with van der Waals surface area (Å²) in [7, 11) is 0. The van der Waals surface area contributed by atoms with Crippen molar-refractivity contribution in [3.63, 3.8) is 0 Å². The van der Waals surface area contributed by atoms with E-state index in [1.165, 1.54) is 0 Å². The maximum atomic E-state index is 11.5. The number of nitrogens with one attached hydrogen (secondary N) is 1. The van der Waals surface area contributed by atoms with Gasteiger partial charge in [-0.05, 0) is 18.9 Å². The van der Waals surface area contributed by atoms with Crippen LogP contribution >= 0.6 is 0 Å². The van der Waals surface area contributed by atoms with Crippen molar-refractivity contribution in [1.82, 2.24) is 5.32 Å². The lowest BCUT2D eigenvalue weighted by molar-refractivity contribution is -0.126.